The molecule has 0 aromatic heterocycles. The first-order chi connectivity index (χ1) is 10.8. The number of esters is 1. The van der Waals surface area contributed by atoms with Crippen molar-refractivity contribution in [3.8, 4) is 0 Å². The van der Waals surface area contributed by atoms with Crippen molar-refractivity contribution >= 4 is 39.0 Å². The van der Waals surface area contributed by atoms with Crippen molar-refractivity contribution in [1.82, 2.24) is 0 Å². The Bertz CT molecular complexity index is 806. The Hall–Kier alpha value is -2.25. The van der Waals surface area contributed by atoms with Gasteiger partial charge in [0.25, 0.3) is 10.0 Å². The molecular weight excluding hydrogens is 340 g/mol. The van der Waals surface area contributed by atoms with Crippen molar-refractivity contribution < 1.29 is 17.9 Å². The van der Waals surface area contributed by atoms with Gasteiger partial charge in [-0.15, -0.1) is 0 Å². The summed E-state index contributed by atoms with van der Waals surface area (Å²) in [5, 5.41) is 0.352. The lowest BCUT2D eigenvalue weighted by atomic mass is 10.3. The van der Waals surface area contributed by atoms with E-state index in [2.05, 4.69) is 4.74 Å². The van der Waals surface area contributed by atoms with Gasteiger partial charge in [0.2, 0.25) is 0 Å². The van der Waals surface area contributed by atoms with E-state index in [1.807, 2.05) is 0 Å². The lowest BCUT2D eigenvalue weighted by Crippen LogP contribution is -2.36. The van der Waals surface area contributed by atoms with Crippen molar-refractivity contribution in [3.63, 3.8) is 0 Å². The van der Waals surface area contributed by atoms with Crippen molar-refractivity contribution in [3.05, 3.63) is 53.6 Å². The number of anilines is 2. The molecule has 23 heavy (non-hydrogen) atoms. The largest absolute Gasteiger partial charge is 0.468 e. The molecule has 0 unspecified atom stereocenters. The average molecular weight is 355 g/mol. The second-order valence-electron chi connectivity index (χ2n) is 4.64. The molecule has 6 nitrogen and oxygen atoms in total. The number of methoxy groups -OCH3 is 1. The summed E-state index contributed by atoms with van der Waals surface area (Å²) in [5.41, 5.74) is 6.28. The van der Waals surface area contributed by atoms with Gasteiger partial charge in [-0.05, 0) is 42.5 Å². The van der Waals surface area contributed by atoms with Gasteiger partial charge >= 0.3 is 5.97 Å². The minimum Gasteiger partial charge on any atom is -0.468 e. The zero-order valence-corrected chi connectivity index (χ0v) is 13.8. The number of ether oxygens (including phenoxy) is 1. The van der Waals surface area contributed by atoms with Crippen LogP contribution in [0.3, 0.4) is 0 Å². The molecule has 2 rings (SSSR count). The zero-order chi connectivity index (χ0) is 17.0. The van der Waals surface area contributed by atoms with Crippen LogP contribution in [0.25, 0.3) is 0 Å². The van der Waals surface area contributed by atoms with Gasteiger partial charge in [0.1, 0.15) is 6.54 Å². The van der Waals surface area contributed by atoms with Crippen LogP contribution in [0, 0.1) is 0 Å². The summed E-state index contributed by atoms with van der Waals surface area (Å²) in [6.07, 6.45) is 0. The van der Waals surface area contributed by atoms with Crippen LogP contribution in [-0.4, -0.2) is 28.0 Å². The third-order valence-electron chi connectivity index (χ3n) is 3.06. The molecule has 0 aliphatic carbocycles. The van der Waals surface area contributed by atoms with Crippen LogP contribution in [-0.2, 0) is 19.6 Å². The molecule has 0 spiro atoms. The van der Waals surface area contributed by atoms with Gasteiger partial charge in [0.15, 0.2) is 0 Å². The Labute approximate surface area is 139 Å². The smallest absolute Gasteiger partial charge is 0.326 e. The molecule has 122 valence electrons. The molecule has 0 saturated heterocycles. The van der Waals surface area contributed by atoms with Crippen LogP contribution < -0.4 is 10.0 Å². The second kappa shape index (κ2) is 6.89. The van der Waals surface area contributed by atoms with E-state index >= 15 is 0 Å². The first-order valence-corrected chi connectivity index (χ1v) is 8.37. The lowest BCUT2D eigenvalue weighted by molar-refractivity contribution is -0.138. The Morgan fingerprint density at radius 1 is 1.22 bits per heavy atom. The highest BCUT2D eigenvalue weighted by Gasteiger charge is 2.27. The molecule has 2 aromatic rings. The van der Waals surface area contributed by atoms with E-state index < -0.39 is 22.5 Å². The standard InChI is InChI=1S/C15H15ClN2O4S/c1-22-15(19)10-18(13-4-2-3-11(16)9-13)23(20,21)14-7-5-12(17)6-8-14/h2-9H,10,17H2,1H3. The Balaban J connectivity index is 2.51. The number of hydrogen-bond donors (Lipinski definition) is 1. The SMILES string of the molecule is COC(=O)CN(c1cccc(Cl)c1)S(=O)(=O)c1ccc(N)cc1. The van der Waals surface area contributed by atoms with Crippen molar-refractivity contribution in [2.45, 2.75) is 4.90 Å². The van der Waals surface area contributed by atoms with Gasteiger partial charge in [-0.2, -0.15) is 0 Å². The molecule has 0 atom stereocenters. The van der Waals surface area contributed by atoms with E-state index in [0.29, 0.717) is 10.7 Å². The fraction of sp³-hybridized carbons (Fsp3) is 0.133. The van der Waals surface area contributed by atoms with E-state index in [9.17, 15) is 13.2 Å². The van der Waals surface area contributed by atoms with E-state index in [-0.39, 0.29) is 10.6 Å². The minimum absolute atomic E-state index is 0.00979. The van der Waals surface area contributed by atoms with Crippen LogP contribution in [0.5, 0.6) is 0 Å². The molecular formula is C15H15ClN2O4S. The summed E-state index contributed by atoms with van der Waals surface area (Å²) in [4.78, 5) is 11.6. The van der Waals surface area contributed by atoms with Gasteiger partial charge in [0.05, 0.1) is 17.7 Å². The fourth-order valence-corrected chi connectivity index (χ4v) is 3.48. The molecule has 0 radical (unpaired) electrons. The fourth-order valence-electron chi connectivity index (χ4n) is 1.90. The lowest BCUT2D eigenvalue weighted by Gasteiger charge is -2.23. The second-order valence-corrected chi connectivity index (χ2v) is 6.94. The number of benzene rings is 2. The Morgan fingerprint density at radius 3 is 2.43 bits per heavy atom. The minimum atomic E-state index is -3.97. The van der Waals surface area contributed by atoms with Crippen molar-refractivity contribution in [1.29, 1.82) is 0 Å². The predicted molar refractivity (Wildman–Crippen MR) is 88.9 cm³/mol. The quantitative estimate of drug-likeness (QED) is 0.657. The highest BCUT2D eigenvalue weighted by atomic mass is 35.5. The molecule has 0 aliphatic heterocycles. The topological polar surface area (TPSA) is 89.7 Å². The van der Waals surface area contributed by atoms with Gasteiger partial charge < -0.3 is 10.5 Å². The number of halogens is 1. The summed E-state index contributed by atoms with van der Waals surface area (Å²) >= 11 is 5.92. The molecule has 0 bridgehead atoms. The molecule has 0 fully saturated rings. The van der Waals surface area contributed by atoms with Crippen LogP contribution in [0.4, 0.5) is 11.4 Å². The number of rotatable bonds is 5. The van der Waals surface area contributed by atoms with Crippen LogP contribution >= 0.6 is 11.6 Å². The van der Waals surface area contributed by atoms with E-state index in [0.717, 1.165) is 4.31 Å². The monoisotopic (exact) mass is 354 g/mol. The maximum Gasteiger partial charge on any atom is 0.326 e. The maximum atomic E-state index is 12.8. The summed E-state index contributed by atoms with van der Waals surface area (Å²) < 4.78 is 31.2. The Kier molecular flexibility index (Phi) is 5.12. The van der Waals surface area contributed by atoms with Gasteiger partial charge in [-0.1, -0.05) is 17.7 Å². The molecule has 8 heteroatoms. The van der Waals surface area contributed by atoms with Crippen molar-refractivity contribution in [2.75, 3.05) is 23.7 Å². The number of carbonyl (C=O) groups excluding carboxylic acids is 1. The summed E-state index contributed by atoms with van der Waals surface area (Å²) in [6.45, 7) is -0.469. The molecule has 0 saturated carbocycles. The molecule has 0 amide bonds. The van der Waals surface area contributed by atoms with Crippen LogP contribution in [0.2, 0.25) is 5.02 Å². The van der Waals surface area contributed by atoms with Gasteiger partial charge in [-0.3, -0.25) is 9.10 Å². The number of nitrogen functional groups attached to an aromatic ring is 1. The number of hydrogen-bond acceptors (Lipinski definition) is 5. The first kappa shape index (κ1) is 17.1. The van der Waals surface area contributed by atoms with E-state index in [1.54, 1.807) is 18.2 Å². The average Bonchev–Trinajstić information content (AvgIpc) is 2.52. The Morgan fingerprint density at radius 2 is 1.87 bits per heavy atom. The highest BCUT2D eigenvalue weighted by Crippen LogP contribution is 2.26. The van der Waals surface area contributed by atoms with Gasteiger partial charge in [-0.25, -0.2) is 8.42 Å². The first-order valence-electron chi connectivity index (χ1n) is 6.55. The summed E-state index contributed by atoms with van der Waals surface area (Å²) in [5.74, 6) is -0.691. The maximum absolute atomic E-state index is 12.8. The van der Waals surface area contributed by atoms with Crippen molar-refractivity contribution in [2.24, 2.45) is 0 Å². The molecule has 0 aliphatic rings. The highest BCUT2D eigenvalue weighted by molar-refractivity contribution is 7.92. The summed E-state index contributed by atoms with van der Waals surface area (Å²) in [7, 11) is -2.79. The number of sulfonamides is 1. The predicted octanol–water partition coefficient (Wildman–Crippen LogP) is 2.29. The third kappa shape index (κ3) is 3.94. The normalized spacial score (nSPS) is 11.0. The van der Waals surface area contributed by atoms with E-state index in [4.69, 9.17) is 17.3 Å². The third-order valence-corrected chi connectivity index (χ3v) is 5.09. The summed E-state index contributed by atoms with van der Waals surface area (Å²) in [6, 6.07) is 11.9. The number of carbonyl (C=O) groups is 1. The number of nitrogens with two attached hydrogens (primary N) is 1. The van der Waals surface area contributed by atoms with E-state index in [1.165, 1.54) is 37.4 Å². The van der Waals surface area contributed by atoms with Crippen LogP contribution in [0.1, 0.15) is 0 Å². The molecule has 0 heterocycles. The number of nitrogens with zero attached hydrogens (tertiary/aromatic N) is 1. The molecule has 2 N–H and O–H groups in total. The molecule has 2 aromatic carbocycles. The van der Waals surface area contributed by atoms with Crippen LogP contribution in [0.15, 0.2) is 53.4 Å². The zero-order valence-electron chi connectivity index (χ0n) is 12.3. The van der Waals surface area contributed by atoms with Gasteiger partial charge in [0, 0.05) is 10.7 Å².